The van der Waals surface area contributed by atoms with Crippen LogP contribution in [0.2, 0.25) is 0 Å². The van der Waals surface area contributed by atoms with E-state index in [4.69, 9.17) is 4.74 Å². The zero-order valence-corrected chi connectivity index (χ0v) is 16.8. The van der Waals surface area contributed by atoms with E-state index >= 15 is 0 Å². The summed E-state index contributed by atoms with van der Waals surface area (Å²) in [7, 11) is -2.46. The summed E-state index contributed by atoms with van der Waals surface area (Å²) >= 11 is 1.33. The van der Waals surface area contributed by atoms with Crippen LogP contribution in [-0.2, 0) is 32.2 Å². The molecular formula is C19H21NO5S2. The number of carbonyl (C=O) groups is 2. The maximum Gasteiger partial charge on any atom is 0.341 e. The van der Waals surface area contributed by atoms with Crippen molar-refractivity contribution in [1.82, 2.24) is 0 Å². The fraction of sp³-hybridized carbons (Fsp3) is 0.368. The molecular weight excluding hydrogens is 386 g/mol. The Balaban J connectivity index is 1.85. The molecule has 0 saturated carbocycles. The van der Waals surface area contributed by atoms with Gasteiger partial charge >= 0.3 is 5.97 Å². The monoisotopic (exact) mass is 407 g/mol. The van der Waals surface area contributed by atoms with Crippen molar-refractivity contribution in [2.24, 2.45) is 5.92 Å². The number of esters is 1. The minimum atomic E-state index is -3.75. The molecule has 8 heteroatoms. The lowest BCUT2D eigenvalue weighted by Gasteiger charge is -2.18. The first-order valence-electron chi connectivity index (χ1n) is 8.62. The van der Waals surface area contributed by atoms with E-state index in [-0.39, 0.29) is 4.90 Å². The first-order valence-corrected chi connectivity index (χ1v) is 11.1. The second kappa shape index (κ2) is 7.82. The van der Waals surface area contributed by atoms with Crippen LogP contribution < -0.4 is 5.32 Å². The summed E-state index contributed by atoms with van der Waals surface area (Å²) in [5.41, 5.74) is 1.26. The zero-order valence-electron chi connectivity index (χ0n) is 15.2. The summed E-state index contributed by atoms with van der Waals surface area (Å²) in [6.45, 7) is 2.14. The highest BCUT2D eigenvalue weighted by atomic mass is 32.2. The fourth-order valence-electron chi connectivity index (χ4n) is 3.20. The van der Waals surface area contributed by atoms with E-state index in [9.17, 15) is 18.0 Å². The Morgan fingerprint density at radius 3 is 2.63 bits per heavy atom. The summed E-state index contributed by atoms with van der Waals surface area (Å²) in [5, 5.41) is 2.99. The van der Waals surface area contributed by atoms with E-state index in [1.807, 2.05) is 0 Å². The predicted molar refractivity (Wildman–Crippen MR) is 104 cm³/mol. The second-order valence-electron chi connectivity index (χ2n) is 6.67. The lowest BCUT2D eigenvalue weighted by molar-refractivity contribution is -0.113. The summed E-state index contributed by atoms with van der Waals surface area (Å²) < 4.78 is 29.7. The molecule has 144 valence electrons. The molecule has 1 atom stereocenters. The molecule has 1 N–H and O–H groups in total. The third-order valence-corrected chi connectivity index (χ3v) is 7.38. The molecule has 2 aromatic rings. The van der Waals surface area contributed by atoms with Gasteiger partial charge in [-0.2, -0.15) is 0 Å². The SMILES string of the molecule is COC(=O)c1c(NC(=O)CS(=O)(=O)c2ccccc2)sc2c1CC[C@@H](C)C2. The van der Waals surface area contributed by atoms with Crippen molar-refractivity contribution in [2.45, 2.75) is 31.1 Å². The molecule has 0 fully saturated rings. The van der Waals surface area contributed by atoms with Gasteiger partial charge in [-0.05, 0) is 42.9 Å². The van der Waals surface area contributed by atoms with Crippen LogP contribution in [0.3, 0.4) is 0 Å². The van der Waals surface area contributed by atoms with Gasteiger partial charge in [0.1, 0.15) is 10.8 Å². The van der Waals surface area contributed by atoms with E-state index in [1.165, 1.54) is 30.6 Å². The predicted octanol–water partition coefficient (Wildman–Crippen LogP) is 3.07. The van der Waals surface area contributed by atoms with E-state index in [2.05, 4.69) is 12.2 Å². The minimum Gasteiger partial charge on any atom is -0.465 e. The molecule has 1 aliphatic carbocycles. The molecule has 1 aromatic heterocycles. The largest absolute Gasteiger partial charge is 0.465 e. The number of anilines is 1. The lowest BCUT2D eigenvalue weighted by Crippen LogP contribution is -2.23. The van der Waals surface area contributed by atoms with Gasteiger partial charge in [0.2, 0.25) is 5.91 Å². The molecule has 1 aromatic carbocycles. The van der Waals surface area contributed by atoms with Crippen molar-refractivity contribution in [3.05, 3.63) is 46.3 Å². The van der Waals surface area contributed by atoms with Gasteiger partial charge in [0.15, 0.2) is 9.84 Å². The van der Waals surface area contributed by atoms with Crippen molar-refractivity contribution in [3.8, 4) is 0 Å². The molecule has 0 unspecified atom stereocenters. The Morgan fingerprint density at radius 2 is 1.96 bits per heavy atom. The van der Waals surface area contributed by atoms with Gasteiger partial charge in [-0.1, -0.05) is 25.1 Å². The number of amides is 1. The summed E-state index contributed by atoms with van der Waals surface area (Å²) in [6.07, 6.45) is 2.54. The lowest BCUT2D eigenvalue weighted by atomic mass is 9.88. The number of hydrogen-bond acceptors (Lipinski definition) is 6. The third-order valence-electron chi connectivity index (χ3n) is 4.58. The number of fused-ring (bicyclic) bond motifs is 1. The van der Waals surface area contributed by atoms with Crippen molar-refractivity contribution in [2.75, 3.05) is 18.2 Å². The minimum absolute atomic E-state index is 0.0904. The molecule has 0 bridgehead atoms. The first-order chi connectivity index (χ1) is 12.8. The fourth-order valence-corrected chi connectivity index (χ4v) is 5.77. The van der Waals surface area contributed by atoms with Gasteiger partial charge in [-0.15, -0.1) is 11.3 Å². The molecule has 1 aliphatic rings. The first kappa shape index (κ1) is 19.6. The van der Waals surface area contributed by atoms with Crippen molar-refractivity contribution in [3.63, 3.8) is 0 Å². The van der Waals surface area contributed by atoms with Gasteiger partial charge in [0.25, 0.3) is 0 Å². The Hall–Kier alpha value is -2.19. The highest BCUT2D eigenvalue weighted by Gasteiger charge is 2.29. The van der Waals surface area contributed by atoms with Crippen LogP contribution in [0.25, 0.3) is 0 Å². The van der Waals surface area contributed by atoms with Gasteiger partial charge in [-0.25, -0.2) is 13.2 Å². The number of hydrogen-bond donors (Lipinski definition) is 1. The highest BCUT2D eigenvalue weighted by Crippen LogP contribution is 2.40. The smallest absolute Gasteiger partial charge is 0.341 e. The van der Waals surface area contributed by atoms with Crippen LogP contribution in [0.15, 0.2) is 35.2 Å². The van der Waals surface area contributed by atoms with E-state index < -0.39 is 27.5 Å². The number of thiophene rings is 1. The molecule has 27 heavy (non-hydrogen) atoms. The number of rotatable bonds is 5. The van der Waals surface area contributed by atoms with Crippen LogP contribution in [0.4, 0.5) is 5.00 Å². The molecule has 0 spiro atoms. The average Bonchev–Trinajstić information content (AvgIpc) is 2.97. The zero-order chi connectivity index (χ0) is 19.6. The summed E-state index contributed by atoms with van der Waals surface area (Å²) in [5.74, 6) is -1.36. The second-order valence-corrected chi connectivity index (χ2v) is 9.76. The maximum atomic E-state index is 12.4. The number of carbonyl (C=O) groups excluding carboxylic acids is 2. The van der Waals surface area contributed by atoms with E-state index in [0.717, 1.165) is 29.7 Å². The van der Waals surface area contributed by atoms with Crippen molar-refractivity contribution >= 4 is 38.1 Å². The molecule has 1 heterocycles. The topological polar surface area (TPSA) is 89.5 Å². The molecule has 1 amide bonds. The number of ether oxygens (including phenoxy) is 1. The molecule has 0 aliphatic heterocycles. The van der Waals surface area contributed by atoms with Crippen LogP contribution >= 0.6 is 11.3 Å². The molecule has 0 radical (unpaired) electrons. The van der Waals surface area contributed by atoms with E-state index in [0.29, 0.717) is 16.5 Å². The van der Waals surface area contributed by atoms with Gasteiger partial charge in [0, 0.05) is 4.88 Å². The van der Waals surface area contributed by atoms with Crippen molar-refractivity contribution in [1.29, 1.82) is 0 Å². The van der Waals surface area contributed by atoms with Gasteiger partial charge in [0.05, 0.1) is 17.6 Å². The summed E-state index contributed by atoms with van der Waals surface area (Å²) in [4.78, 5) is 25.8. The number of nitrogens with one attached hydrogen (secondary N) is 1. The maximum absolute atomic E-state index is 12.4. The summed E-state index contributed by atoms with van der Waals surface area (Å²) in [6, 6.07) is 7.82. The van der Waals surface area contributed by atoms with Crippen LogP contribution in [0.1, 0.15) is 34.1 Å². The highest BCUT2D eigenvalue weighted by molar-refractivity contribution is 7.92. The normalized spacial score (nSPS) is 16.4. The number of methoxy groups -OCH3 is 1. The average molecular weight is 408 g/mol. The third kappa shape index (κ3) is 4.22. The van der Waals surface area contributed by atoms with Crippen LogP contribution in [0, 0.1) is 5.92 Å². The Kier molecular flexibility index (Phi) is 5.67. The number of sulfone groups is 1. The quantitative estimate of drug-likeness (QED) is 0.770. The van der Waals surface area contributed by atoms with Crippen LogP contribution in [-0.4, -0.2) is 33.2 Å². The Morgan fingerprint density at radius 1 is 1.26 bits per heavy atom. The molecule has 0 saturated heterocycles. The Labute approximate surface area is 162 Å². The molecule has 3 rings (SSSR count). The van der Waals surface area contributed by atoms with Gasteiger partial charge in [-0.3, -0.25) is 4.79 Å². The van der Waals surface area contributed by atoms with E-state index in [1.54, 1.807) is 18.2 Å². The molecule has 6 nitrogen and oxygen atoms in total. The number of benzene rings is 1. The van der Waals surface area contributed by atoms with Gasteiger partial charge < -0.3 is 10.1 Å². The standard InChI is InChI=1S/C19H21NO5S2/c1-12-8-9-14-15(10-12)26-18(17(14)19(22)25-2)20-16(21)11-27(23,24)13-6-4-3-5-7-13/h3-7,12H,8-11H2,1-2H3,(H,20,21)/t12-/m1/s1. The van der Waals surface area contributed by atoms with Crippen LogP contribution in [0.5, 0.6) is 0 Å². The Bertz CT molecular complexity index is 963. The van der Waals surface area contributed by atoms with Crippen molar-refractivity contribution < 1.29 is 22.7 Å².